The molecule has 3 heteroatoms. The maximum atomic E-state index is 11.1. The van der Waals surface area contributed by atoms with Gasteiger partial charge in [-0.3, -0.25) is 4.79 Å². The number of aromatic amines is 1. The zero-order valence-electron chi connectivity index (χ0n) is 9.00. The van der Waals surface area contributed by atoms with Gasteiger partial charge in [-0.1, -0.05) is 12.0 Å². The summed E-state index contributed by atoms with van der Waals surface area (Å²) < 4.78 is 0. The molecule has 0 saturated carbocycles. The molecule has 0 spiro atoms. The van der Waals surface area contributed by atoms with Crippen molar-refractivity contribution in [2.24, 2.45) is 0 Å². The van der Waals surface area contributed by atoms with Crippen LogP contribution in [-0.2, 0) is 4.79 Å². The van der Waals surface area contributed by atoms with E-state index in [4.69, 9.17) is 0 Å². The molecular weight excluding hydrogens is 200 g/mol. The first-order valence-corrected chi connectivity index (χ1v) is 5.16. The smallest absolute Gasteiger partial charge is 0.296 e. The number of nitrogens with one attached hydrogen (secondary N) is 2. The molecule has 16 heavy (non-hydrogen) atoms. The summed E-state index contributed by atoms with van der Waals surface area (Å²) in [5, 5.41) is 3.77. The molecule has 1 aromatic carbocycles. The molecule has 2 rings (SSSR count). The second-order valence-corrected chi connectivity index (χ2v) is 3.39. The third-order valence-electron chi connectivity index (χ3n) is 2.21. The van der Waals surface area contributed by atoms with Crippen LogP contribution in [-0.4, -0.2) is 17.4 Å². The molecule has 2 N–H and O–H groups in total. The van der Waals surface area contributed by atoms with Crippen LogP contribution in [0.25, 0.3) is 10.9 Å². The third kappa shape index (κ3) is 2.23. The molecule has 0 radical (unpaired) electrons. The highest BCUT2D eigenvalue weighted by Crippen LogP contribution is 2.13. The molecule has 0 aliphatic heterocycles. The Hall–Kier alpha value is -2.21. The van der Waals surface area contributed by atoms with Gasteiger partial charge in [-0.2, -0.15) is 0 Å². The van der Waals surface area contributed by atoms with Crippen LogP contribution in [0.1, 0.15) is 12.5 Å². The van der Waals surface area contributed by atoms with E-state index < -0.39 is 0 Å². The largest absolute Gasteiger partial charge is 0.361 e. The van der Waals surface area contributed by atoms with Gasteiger partial charge in [0.2, 0.25) is 0 Å². The lowest BCUT2D eigenvalue weighted by Gasteiger charge is -1.93. The van der Waals surface area contributed by atoms with Crippen molar-refractivity contribution in [2.45, 2.75) is 6.92 Å². The lowest BCUT2D eigenvalue weighted by atomic mass is 10.2. The molecule has 1 aromatic heterocycles. The zero-order chi connectivity index (χ0) is 11.4. The number of hydrogen-bond donors (Lipinski definition) is 2. The molecular formula is C13H12N2O. The lowest BCUT2D eigenvalue weighted by molar-refractivity contribution is -0.115. The maximum absolute atomic E-state index is 11.1. The molecule has 0 bridgehead atoms. The maximum Gasteiger partial charge on any atom is 0.296 e. The first-order chi connectivity index (χ1) is 7.79. The van der Waals surface area contributed by atoms with Crippen LogP contribution >= 0.6 is 0 Å². The number of rotatable bonds is 1. The zero-order valence-corrected chi connectivity index (χ0v) is 9.00. The second-order valence-electron chi connectivity index (χ2n) is 3.39. The van der Waals surface area contributed by atoms with Crippen LogP contribution in [0.4, 0.5) is 0 Å². The Balaban J connectivity index is 2.23. The van der Waals surface area contributed by atoms with Gasteiger partial charge in [-0.25, -0.2) is 0 Å². The monoisotopic (exact) mass is 212 g/mol. The van der Waals surface area contributed by atoms with Crippen LogP contribution in [0.15, 0.2) is 30.5 Å². The first kappa shape index (κ1) is 10.3. The summed E-state index contributed by atoms with van der Waals surface area (Å²) in [5.41, 5.74) is 1.86. The van der Waals surface area contributed by atoms with E-state index >= 15 is 0 Å². The van der Waals surface area contributed by atoms with E-state index in [0.29, 0.717) is 6.54 Å². The van der Waals surface area contributed by atoms with E-state index in [-0.39, 0.29) is 5.91 Å². The van der Waals surface area contributed by atoms with Gasteiger partial charge in [-0.05, 0) is 30.5 Å². The van der Waals surface area contributed by atoms with Crippen LogP contribution in [0.5, 0.6) is 0 Å². The summed E-state index contributed by atoms with van der Waals surface area (Å²) >= 11 is 0. The van der Waals surface area contributed by atoms with Crippen molar-refractivity contribution in [3.63, 3.8) is 0 Å². The van der Waals surface area contributed by atoms with Gasteiger partial charge in [0.05, 0.1) is 0 Å². The molecule has 0 aliphatic carbocycles. The second kappa shape index (κ2) is 4.54. The number of aromatic nitrogens is 1. The van der Waals surface area contributed by atoms with Crippen molar-refractivity contribution in [3.8, 4) is 11.8 Å². The van der Waals surface area contributed by atoms with Gasteiger partial charge in [0.25, 0.3) is 5.91 Å². The number of hydrogen-bond acceptors (Lipinski definition) is 1. The molecule has 80 valence electrons. The molecule has 1 heterocycles. The van der Waals surface area contributed by atoms with Gasteiger partial charge in [-0.15, -0.1) is 0 Å². The van der Waals surface area contributed by atoms with Crippen molar-refractivity contribution in [1.82, 2.24) is 10.3 Å². The predicted molar refractivity (Wildman–Crippen MR) is 63.9 cm³/mol. The van der Waals surface area contributed by atoms with Gasteiger partial charge >= 0.3 is 0 Å². The minimum Gasteiger partial charge on any atom is -0.361 e. The molecule has 0 aliphatic rings. The van der Waals surface area contributed by atoms with E-state index in [1.807, 2.05) is 37.4 Å². The number of carbonyl (C=O) groups excluding carboxylic acids is 1. The first-order valence-electron chi connectivity index (χ1n) is 5.16. The summed E-state index contributed by atoms with van der Waals surface area (Å²) in [5.74, 6) is 5.13. The number of amides is 1. The van der Waals surface area contributed by atoms with Crippen LogP contribution < -0.4 is 5.32 Å². The molecule has 0 fully saturated rings. The number of benzene rings is 1. The minimum absolute atomic E-state index is 0.242. The summed E-state index contributed by atoms with van der Waals surface area (Å²) in [7, 11) is 0. The summed E-state index contributed by atoms with van der Waals surface area (Å²) in [6.45, 7) is 2.47. The van der Waals surface area contributed by atoms with Crippen molar-refractivity contribution < 1.29 is 4.79 Å². The van der Waals surface area contributed by atoms with Crippen molar-refractivity contribution in [2.75, 3.05) is 6.54 Å². The Bertz CT molecular complexity index is 572. The van der Waals surface area contributed by atoms with Crippen LogP contribution in [0.2, 0.25) is 0 Å². The highest BCUT2D eigenvalue weighted by Gasteiger charge is 1.95. The highest BCUT2D eigenvalue weighted by atomic mass is 16.1. The van der Waals surface area contributed by atoms with Crippen molar-refractivity contribution in [1.29, 1.82) is 0 Å². The average Bonchev–Trinajstić information content (AvgIpc) is 2.74. The standard InChI is InChI=1S/C13H12N2O/c1-2-14-13(16)6-4-10-3-5-11-7-8-15-12(11)9-10/h3,5,7-9,15H,2H2,1H3,(H,14,16). The SMILES string of the molecule is CCNC(=O)C#Cc1ccc2cc[nH]c2c1. The molecule has 2 aromatic rings. The van der Waals surface area contributed by atoms with Gasteiger partial charge in [0.15, 0.2) is 0 Å². The number of fused-ring (bicyclic) bond motifs is 1. The lowest BCUT2D eigenvalue weighted by Crippen LogP contribution is -2.20. The fourth-order valence-corrected chi connectivity index (χ4v) is 1.46. The molecule has 0 atom stereocenters. The van der Waals surface area contributed by atoms with E-state index in [1.165, 1.54) is 0 Å². The summed E-state index contributed by atoms with van der Waals surface area (Å²) in [6.07, 6.45) is 1.88. The minimum atomic E-state index is -0.242. The normalized spacial score (nSPS) is 9.56. The van der Waals surface area contributed by atoms with Gasteiger partial charge in [0, 0.05) is 29.7 Å². The third-order valence-corrected chi connectivity index (χ3v) is 2.21. The summed E-state index contributed by atoms with van der Waals surface area (Å²) in [4.78, 5) is 14.2. The Labute approximate surface area is 93.9 Å². The Morgan fingerprint density at radius 1 is 1.44 bits per heavy atom. The highest BCUT2D eigenvalue weighted by molar-refractivity contribution is 5.94. The molecule has 0 saturated heterocycles. The fourth-order valence-electron chi connectivity index (χ4n) is 1.46. The molecule has 0 unspecified atom stereocenters. The Morgan fingerprint density at radius 3 is 3.12 bits per heavy atom. The molecule has 1 amide bonds. The van der Waals surface area contributed by atoms with Gasteiger partial charge in [0.1, 0.15) is 0 Å². The van der Waals surface area contributed by atoms with E-state index in [0.717, 1.165) is 16.5 Å². The van der Waals surface area contributed by atoms with Crippen LogP contribution in [0.3, 0.4) is 0 Å². The van der Waals surface area contributed by atoms with E-state index in [1.54, 1.807) is 0 Å². The van der Waals surface area contributed by atoms with E-state index in [2.05, 4.69) is 22.1 Å². The van der Waals surface area contributed by atoms with Crippen LogP contribution in [0, 0.1) is 11.8 Å². The van der Waals surface area contributed by atoms with Gasteiger partial charge < -0.3 is 10.3 Å². The average molecular weight is 212 g/mol. The quantitative estimate of drug-likeness (QED) is 0.694. The fraction of sp³-hybridized carbons (Fsp3) is 0.154. The topological polar surface area (TPSA) is 44.9 Å². The van der Waals surface area contributed by atoms with E-state index in [9.17, 15) is 4.79 Å². The van der Waals surface area contributed by atoms with Crippen molar-refractivity contribution >= 4 is 16.8 Å². The summed E-state index contributed by atoms with van der Waals surface area (Å²) in [6, 6.07) is 7.81. The number of H-pyrrole nitrogens is 1. The molecule has 3 nitrogen and oxygen atoms in total. The Kier molecular flexibility index (Phi) is 2.93. The number of carbonyl (C=O) groups is 1. The van der Waals surface area contributed by atoms with Crippen molar-refractivity contribution in [3.05, 3.63) is 36.0 Å². The predicted octanol–water partition coefficient (Wildman–Crippen LogP) is 1.66. The Morgan fingerprint density at radius 2 is 2.31 bits per heavy atom.